The van der Waals surface area contributed by atoms with E-state index in [4.69, 9.17) is 0 Å². The van der Waals surface area contributed by atoms with Gasteiger partial charge >= 0.3 is 0 Å². The van der Waals surface area contributed by atoms with Gasteiger partial charge < -0.3 is 9.80 Å². The van der Waals surface area contributed by atoms with Crippen molar-refractivity contribution in [2.24, 2.45) is 35.0 Å². The summed E-state index contributed by atoms with van der Waals surface area (Å²) in [5.74, 6) is 3.15. The minimum absolute atomic E-state index is 0.238. The van der Waals surface area contributed by atoms with Crippen molar-refractivity contribution in [2.45, 2.75) is 109 Å². The van der Waals surface area contributed by atoms with Crippen molar-refractivity contribution in [1.82, 2.24) is 4.90 Å². The van der Waals surface area contributed by atoms with Crippen molar-refractivity contribution in [3.63, 3.8) is 0 Å². The van der Waals surface area contributed by atoms with Crippen molar-refractivity contribution in [3.05, 3.63) is 195 Å². The summed E-state index contributed by atoms with van der Waals surface area (Å²) in [4.78, 5) is 5.56. The zero-order valence-corrected chi connectivity index (χ0v) is 38.6. The summed E-state index contributed by atoms with van der Waals surface area (Å²) in [6.07, 6.45) is 55.2. The predicted octanol–water partition coefficient (Wildman–Crippen LogP) is 14.2. The Morgan fingerprint density at radius 2 is 1.55 bits per heavy atom. The van der Waals surface area contributed by atoms with Crippen molar-refractivity contribution < 1.29 is 0 Å². The molecule has 1 saturated carbocycles. The number of hydrogen-bond acceptors (Lipinski definition) is 2. The van der Waals surface area contributed by atoms with Crippen molar-refractivity contribution in [3.8, 4) is 11.1 Å². The molecule has 0 saturated heterocycles. The molecule has 0 amide bonds. The van der Waals surface area contributed by atoms with Gasteiger partial charge in [0.25, 0.3) is 0 Å². The highest BCUT2D eigenvalue weighted by molar-refractivity contribution is 5.97. The molecule has 3 aromatic rings. The molecule has 3 aromatic carbocycles. The Morgan fingerprint density at radius 1 is 0.708 bits per heavy atom. The van der Waals surface area contributed by atoms with Gasteiger partial charge in [-0.15, -0.1) is 0 Å². The standard InChI is InChI=1S/C63H64N2/c1-63(2)59-24-11-9-22-54(59)55-37-35-49(40-60(55)63)64(47-33-28-43(29-34-47)58-39-45-15-4-5-18-50(45)52-20-7-8-21-53(52)58)46-31-26-41(27-32-46)44-16-13-17-48(38-44)65-61-25-12-10-23-56(61)57-36-30-42-14-3-6-19-51(42)62(57)65/h7-11,13-15,17-21,23,26,28-31,33-34,36,38-40,44,49,54-55,57,59,62H,3-6,12,16,22,24-25,27,32,35,37H2,1-2H3. The van der Waals surface area contributed by atoms with Crippen LogP contribution >= 0.6 is 0 Å². The lowest BCUT2D eigenvalue weighted by Gasteiger charge is -2.41. The van der Waals surface area contributed by atoms with E-state index in [2.05, 4.69) is 175 Å². The summed E-state index contributed by atoms with van der Waals surface area (Å²) >= 11 is 0. The number of rotatable bonds is 6. The second kappa shape index (κ2) is 15.8. The van der Waals surface area contributed by atoms with E-state index in [1.165, 1.54) is 80.7 Å². The molecule has 13 rings (SSSR count). The van der Waals surface area contributed by atoms with E-state index < -0.39 is 0 Å². The third-order valence-corrected chi connectivity index (χ3v) is 17.8. The summed E-state index contributed by atoms with van der Waals surface area (Å²) in [7, 11) is 0. The molecule has 1 fully saturated rings. The molecule has 7 atom stereocenters. The highest BCUT2D eigenvalue weighted by Gasteiger charge is 2.52. The first kappa shape index (κ1) is 39.7. The Balaban J connectivity index is 0.857. The summed E-state index contributed by atoms with van der Waals surface area (Å²) in [6.45, 7) is 5.14. The summed E-state index contributed by atoms with van der Waals surface area (Å²) < 4.78 is 0. The van der Waals surface area contributed by atoms with Crippen LogP contribution in [0.5, 0.6) is 0 Å². The van der Waals surface area contributed by atoms with Gasteiger partial charge in [-0.1, -0.05) is 146 Å². The van der Waals surface area contributed by atoms with Crippen LogP contribution in [-0.2, 0) is 0 Å². The van der Waals surface area contributed by atoms with E-state index >= 15 is 0 Å². The first-order valence-electron chi connectivity index (χ1n) is 25.5. The summed E-state index contributed by atoms with van der Waals surface area (Å²) in [6, 6.07) is 22.0. The minimum atomic E-state index is 0.238. The van der Waals surface area contributed by atoms with Crippen LogP contribution in [0.3, 0.4) is 0 Å². The predicted molar refractivity (Wildman–Crippen MR) is 273 cm³/mol. The molecule has 7 unspecified atom stereocenters. The molecule has 65 heavy (non-hydrogen) atoms. The maximum absolute atomic E-state index is 2.78. The van der Waals surface area contributed by atoms with E-state index in [1.807, 2.05) is 0 Å². The Kier molecular flexibility index (Phi) is 9.65. The van der Waals surface area contributed by atoms with Crippen LogP contribution in [0.25, 0.3) is 34.1 Å². The molecule has 0 N–H and O–H groups in total. The molecule has 0 radical (unpaired) electrons. The van der Waals surface area contributed by atoms with Crippen LogP contribution in [0, 0.1) is 35.0 Å². The van der Waals surface area contributed by atoms with Crippen LogP contribution in [-0.4, -0.2) is 17.0 Å². The van der Waals surface area contributed by atoms with Gasteiger partial charge in [-0.2, -0.15) is 0 Å². The first-order chi connectivity index (χ1) is 32.0. The number of allylic oxidation sites excluding steroid dienone is 16. The Bertz CT molecular complexity index is 2980. The maximum Gasteiger partial charge on any atom is 0.0694 e. The van der Waals surface area contributed by atoms with E-state index in [0.29, 0.717) is 23.9 Å². The van der Waals surface area contributed by atoms with E-state index in [0.717, 1.165) is 75.5 Å². The molecular weight excluding hydrogens is 785 g/mol. The SMILES string of the molecule is CC1(C)C2=CC(N(C3=CC=C(C4C=C(N5C6=C(C=CCC6)C6C=CC7=CCCC=C7C65)C=CC4)CC3)c3ccc(-c4cc5c(c6ccccc46)=CCCC=5)cc3)CCC2C2CC=CCC21. The Morgan fingerprint density at radius 3 is 2.45 bits per heavy atom. The van der Waals surface area contributed by atoms with Gasteiger partial charge in [0.1, 0.15) is 0 Å². The fraction of sp³-hybridized carbons (Fsp3) is 0.365. The van der Waals surface area contributed by atoms with Crippen LogP contribution in [0.15, 0.2) is 185 Å². The lowest BCUT2D eigenvalue weighted by Crippen LogP contribution is -2.38. The van der Waals surface area contributed by atoms with E-state index in [1.54, 1.807) is 28.0 Å². The molecule has 0 aromatic heterocycles. The van der Waals surface area contributed by atoms with Gasteiger partial charge in [-0.3, -0.25) is 0 Å². The monoisotopic (exact) mass is 849 g/mol. The second-order valence-electron chi connectivity index (χ2n) is 21.4. The molecule has 2 nitrogen and oxygen atoms in total. The normalized spacial score (nSPS) is 30.2. The third-order valence-electron chi connectivity index (χ3n) is 17.8. The number of anilines is 1. The largest absolute Gasteiger partial charge is 0.338 e. The number of nitrogens with zero attached hydrogens (tertiary/aromatic N) is 2. The smallest absolute Gasteiger partial charge is 0.0694 e. The second-order valence-corrected chi connectivity index (χ2v) is 21.4. The average Bonchev–Trinajstić information content (AvgIpc) is 3.83. The molecule has 10 aliphatic rings. The van der Waals surface area contributed by atoms with Crippen LogP contribution in [0.4, 0.5) is 5.69 Å². The molecule has 2 heteroatoms. The van der Waals surface area contributed by atoms with Gasteiger partial charge in [0, 0.05) is 34.6 Å². The average molecular weight is 849 g/mol. The van der Waals surface area contributed by atoms with Crippen LogP contribution in [0.2, 0.25) is 0 Å². The van der Waals surface area contributed by atoms with Gasteiger partial charge in [-0.25, -0.2) is 0 Å². The van der Waals surface area contributed by atoms with Gasteiger partial charge in [0.2, 0.25) is 0 Å². The number of fused-ring (bicyclic) bond motifs is 10. The summed E-state index contributed by atoms with van der Waals surface area (Å²) in [5, 5.41) is 5.53. The first-order valence-corrected chi connectivity index (χ1v) is 25.5. The topological polar surface area (TPSA) is 6.48 Å². The lowest BCUT2D eigenvalue weighted by molar-refractivity contribution is 0.217. The zero-order chi connectivity index (χ0) is 43.2. The maximum atomic E-state index is 2.78. The lowest BCUT2D eigenvalue weighted by atomic mass is 9.72. The molecule has 326 valence electrons. The Hall–Kier alpha value is -5.60. The fourth-order valence-corrected chi connectivity index (χ4v) is 14.7. The highest BCUT2D eigenvalue weighted by Crippen LogP contribution is 2.61. The molecule has 1 heterocycles. The van der Waals surface area contributed by atoms with E-state index in [9.17, 15) is 0 Å². The van der Waals surface area contributed by atoms with Crippen molar-refractivity contribution in [2.75, 3.05) is 4.90 Å². The van der Waals surface area contributed by atoms with Crippen molar-refractivity contribution in [1.29, 1.82) is 0 Å². The summed E-state index contributed by atoms with van der Waals surface area (Å²) in [5.41, 5.74) is 16.6. The van der Waals surface area contributed by atoms with Crippen LogP contribution in [0.1, 0.15) is 97.3 Å². The quantitative estimate of drug-likeness (QED) is 0.228. The van der Waals surface area contributed by atoms with Gasteiger partial charge in [-0.05, 0) is 186 Å². The third kappa shape index (κ3) is 6.47. The van der Waals surface area contributed by atoms with Crippen LogP contribution < -0.4 is 15.3 Å². The Labute approximate surface area is 387 Å². The van der Waals surface area contributed by atoms with Crippen molar-refractivity contribution >= 4 is 28.6 Å². The minimum Gasteiger partial charge on any atom is -0.338 e. The molecule has 9 aliphatic carbocycles. The highest BCUT2D eigenvalue weighted by atomic mass is 15.2. The molecule has 1 aliphatic heterocycles. The molecule has 0 bridgehead atoms. The number of hydrogen-bond donors (Lipinski definition) is 0. The van der Waals surface area contributed by atoms with E-state index in [-0.39, 0.29) is 5.41 Å². The number of benzene rings is 3. The molecular formula is C63H64N2. The fourth-order valence-electron chi connectivity index (χ4n) is 14.7. The molecule has 0 spiro atoms. The van der Waals surface area contributed by atoms with Gasteiger partial charge in [0.05, 0.1) is 12.1 Å². The zero-order valence-electron chi connectivity index (χ0n) is 38.6. The van der Waals surface area contributed by atoms with Gasteiger partial charge in [0.15, 0.2) is 0 Å².